The Morgan fingerprint density at radius 2 is 1.73 bits per heavy atom. The van der Waals surface area contributed by atoms with Crippen molar-refractivity contribution in [3.63, 3.8) is 0 Å². The minimum absolute atomic E-state index is 0. The van der Waals surface area contributed by atoms with Gasteiger partial charge in [-0.05, 0) is 43.1 Å². The molecule has 2 saturated carbocycles. The van der Waals surface area contributed by atoms with Gasteiger partial charge < -0.3 is 11.1 Å². The molecule has 3 unspecified atom stereocenters. The van der Waals surface area contributed by atoms with Gasteiger partial charge in [0.1, 0.15) is 0 Å². The topological polar surface area (TPSA) is 55.1 Å². The molecule has 1 aromatic rings. The number of fused-ring (bicyclic) bond motifs is 2. The Balaban J connectivity index is 0.00000243. The third kappa shape index (κ3) is 4.92. The first-order valence-corrected chi connectivity index (χ1v) is 9.01. The predicted molar refractivity (Wildman–Crippen MR) is 97.1 cm³/mol. The summed E-state index contributed by atoms with van der Waals surface area (Å²) in [5.41, 5.74) is 6.21. The van der Waals surface area contributed by atoms with E-state index in [2.05, 4.69) is 5.32 Å². The van der Waals surface area contributed by atoms with Crippen molar-refractivity contribution >= 4 is 18.3 Å². The molecule has 3 nitrogen and oxygen atoms in total. The average Bonchev–Trinajstić information content (AvgIpc) is 2.53. The molecule has 1 amide bonds. The second-order valence-electron chi connectivity index (χ2n) is 7.48. The van der Waals surface area contributed by atoms with Gasteiger partial charge in [0.15, 0.2) is 0 Å². The van der Waals surface area contributed by atoms with Crippen molar-refractivity contribution in [1.29, 1.82) is 0 Å². The Morgan fingerprint density at radius 1 is 1.15 bits per heavy atom. The van der Waals surface area contributed by atoms with Crippen LogP contribution in [-0.2, 0) is 4.79 Å². The van der Waals surface area contributed by atoms with Crippen molar-refractivity contribution in [2.75, 3.05) is 0 Å². The lowest BCUT2D eigenvalue weighted by atomic mass is 9.67. The number of carbonyl (C=O) groups is 1. The first-order valence-electron chi connectivity index (χ1n) is 9.01. The number of carbonyl (C=O) groups excluding carboxylic acids is 1. The minimum Gasteiger partial charge on any atom is -0.353 e. The van der Waals surface area contributed by atoms with Gasteiger partial charge in [-0.3, -0.25) is 4.79 Å². The molecule has 0 saturated heterocycles. The maximum Gasteiger partial charge on any atom is 0.396 e. The van der Waals surface area contributed by atoms with E-state index in [-0.39, 0.29) is 30.1 Å². The summed E-state index contributed by atoms with van der Waals surface area (Å²) < 4.78 is 40.3. The van der Waals surface area contributed by atoms with E-state index in [1.807, 2.05) is 0 Å². The molecule has 2 aliphatic carbocycles. The molecule has 3 atom stereocenters. The number of amides is 1. The molecule has 146 valence electrons. The number of rotatable bonds is 4. The SMILES string of the molecule is Cl.NC1CC2CCCC(C1)C2NC(=O)CC(c1ccccc1)C(F)(F)F. The van der Waals surface area contributed by atoms with Crippen LogP contribution in [0.4, 0.5) is 13.2 Å². The lowest BCUT2D eigenvalue weighted by Gasteiger charge is -2.45. The zero-order valence-corrected chi connectivity index (χ0v) is 15.4. The highest BCUT2D eigenvalue weighted by atomic mass is 35.5. The molecular weight excluding hydrogens is 365 g/mol. The van der Waals surface area contributed by atoms with Gasteiger partial charge in [-0.1, -0.05) is 36.8 Å². The number of nitrogens with two attached hydrogens (primary N) is 1. The van der Waals surface area contributed by atoms with Gasteiger partial charge in [-0.2, -0.15) is 13.2 Å². The van der Waals surface area contributed by atoms with Gasteiger partial charge >= 0.3 is 6.18 Å². The summed E-state index contributed by atoms with van der Waals surface area (Å²) in [4.78, 5) is 12.4. The number of alkyl halides is 3. The summed E-state index contributed by atoms with van der Waals surface area (Å²) >= 11 is 0. The van der Waals surface area contributed by atoms with Gasteiger partial charge in [-0.15, -0.1) is 12.4 Å². The summed E-state index contributed by atoms with van der Waals surface area (Å²) in [7, 11) is 0. The number of benzene rings is 1. The van der Waals surface area contributed by atoms with Crippen LogP contribution in [0.5, 0.6) is 0 Å². The van der Waals surface area contributed by atoms with Crippen molar-refractivity contribution in [2.24, 2.45) is 17.6 Å². The van der Waals surface area contributed by atoms with Crippen LogP contribution in [0.3, 0.4) is 0 Å². The van der Waals surface area contributed by atoms with Crippen molar-refractivity contribution in [3.05, 3.63) is 35.9 Å². The Hall–Kier alpha value is -1.27. The third-order valence-electron chi connectivity index (χ3n) is 5.69. The zero-order valence-electron chi connectivity index (χ0n) is 14.5. The molecule has 0 aromatic heterocycles. The molecule has 0 heterocycles. The van der Waals surface area contributed by atoms with Crippen molar-refractivity contribution in [3.8, 4) is 0 Å². The molecule has 1 aromatic carbocycles. The maximum absolute atomic E-state index is 13.4. The molecule has 0 aliphatic heterocycles. The van der Waals surface area contributed by atoms with Crippen LogP contribution in [0.15, 0.2) is 30.3 Å². The van der Waals surface area contributed by atoms with E-state index >= 15 is 0 Å². The Morgan fingerprint density at radius 3 is 2.27 bits per heavy atom. The van der Waals surface area contributed by atoms with E-state index in [0.717, 1.165) is 32.1 Å². The molecular formula is C19H26ClF3N2O. The molecule has 0 radical (unpaired) electrons. The van der Waals surface area contributed by atoms with Crippen LogP contribution < -0.4 is 11.1 Å². The fraction of sp³-hybridized carbons (Fsp3) is 0.632. The Kier molecular flexibility index (Phi) is 6.97. The fourth-order valence-corrected chi connectivity index (χ4v) is 4.56. The van der Waals surface area contributed by atoms with Gasteiger partial charge in [0, 0.05) is 18.5 Å². The van der Waals surface area contributed by atoms with Crippen LogP contribution in [0.2, 0.25) is 0 Å². The lowest BCUT2D eigenvalue weighted by Crippen LogP contribution is -2.54. The molecule has 2 bridgehead atoms. The van der Waals surface area contributed by atoms with Gasteiger partial charge in [0.2, 0.25) is 5.91 Å². The second kappa shape index (κ2) is 8.61. The summed E-state index contributed by atoms with van der Waals surface area (Å²) in [5.74, 6) is -1.68. The summed E-state index contributed by atoms with van der Waals surface area (Å²) in [6.45, 7) is 0. The number of nitrogens with one attached hydrogen (secondary N) is 1. The number of halogens is 4. The highest BCUT2D eigenvalue weighted by Gasteiger charge is 2.44. The Labute approximate surface area is 158 Å². The van der Waals surface area contributed by atoms with Crippen LogP contribution in [0.25, 0.3) is 0 Å². The summed E-state index contributed by atoms with van der Waals surface area (Å²) in [6.07, 6.45) is -0.193. The van der Waals surface area contributed by atoms with Gasteiger partial charge in [-0.25, -0.2) is 0 Å². The molecule has 0 spiro atoms. The normalized spacial score (nSPS) is 29.4. The van der Waals surface area contributed by atoms with Crippen LogP contribution in [0, 0.1) is 11.8 Å². The van der Waals surface area contributed by atoms with Gasteiger partial charge in [0.25, 0.3) is 0 Å². The average molecular weight is 391 g/mol. The number of hydrogen-bond donors (Lipinski definition) is 2. The number of hydrogen-bond acceptors (Lipinski definition) is 2. The third-order valence-corrected chi connectivity index (χ3v) is 5.69. The van der Waals surface area contributed by atoms with Crippen molar-refractivity contribution in [2.45, 2.75) is 62.7 Å². The van der Waals surface area contributed by atoms with E-state index in [0.29, 0.717) is 11.8 Å². The molecule has 3 rings (SSSR count). The minimum atomic E-state index is -4.44. The molecule has 3 N–H and O–H groups in total. The highest BCUT2D eigenvalue weighted by Crippen LogP contribution is 2.41. The molecule has 2 aliphatic rings. The van der Waals surface area contributed by atoms with Crippen LogP contribution in [-0.4, -0.2) is 24.2 Å². The van der Waals surface area contributed by atoms with Crippen molar-refractivity contribution < 1.29 is 18.0 Å². The highest BCUT2D eigenvalue weighted by molar-refractivity contribution is 5.85. The van der Waals surface area contributed by atoms with Crippen LogP contribution in [0.1, 0.15) is 50.0 Å². The summed E-state index contributed by atoms with van der Waals surface area (Å²) in [5, 5.41) is 2.92. The molecule has 26 heavy (non-hydrogen) atoms. The van der Waals surface area contributed by atoms with E-state index in [4.69, 9.17) is 5.73 Å². The first kappa shape index (κ1) is 21.0. The standard InChI is InChI=1S/C19H25F3N2O.ClH/c20-19(21,22)16(12-5-2-1-3-6-12)11-17(25)24-18-13-7-4-8-14(18)10-15(23)9-13;/h1-3,5-6,13-16,18H,4,7-11,23H2,(H,24,25);1H. The maximum atomic E-state index is 13.4. The predicted octanol–water partition coefficient (Wildman–Crippen LogP) is 4.17. The summed E-state index contributed by atoms with van der Waals surface area (Å²) in [6, 6.07) is 7.79. The van der Waals surface area contributed by atoms with E-state index in [1.165, 1.54) is 12.1 Å². The fourth-order valence-electron chi connectivity index (χ4n) is 4.56. The Bertz CT molecular complexity index is 582. The van der Waals surface area contributed by atoms with E-state index in [1.54, 1.807) is 18.2 Å². The lowest BCUT2D eigenvalue weighted by molar-refractivity contribution is -0.157. The molecule has 2 fully saturated rings. The monoisotopic (exact) mass is 390 g/mol. The van der Waals surface area contributed by atoms with Crippen molar-refractivity contribution in [1.82, 2.24) is 5.32 Å². The van der Waals surface area contributed by atoms with E-state index in [9.17, 15) is 18.0 Å². The zero-order chi connectivity index (χ0) is 18.0. The molecule has 7 heteroatoms. The quantitative estimate of drug-likeness (QED) is 0.810. The second-order valence-corrected chi connectivity index (χ2v) is 7.48. The smallest absolute Gasteiger partial charge is 0.353 e. The van der Waals surface area contributed by atoms with Gasteiger partial charge in [0.05, 0.1) is 5.92 Å². The van der Waals surface area contributed by atoms with Crippen LogP contribution >= 0.6 is 12.4 Å². The van der Waals surface area contributed by atoms with E-state index < -0.39 is 24.4 Å². The first-order chi connectivity index (χ1) is 11.8. The largest absolute Gasteiger partial charge is 0.396 e.